The number of anilines is 2. The van der Waals surface area contributed by atoms with E-state index in [1.807, 2.05) is 24.4 Å². The highest BCUT2D eigenvalue weighted by molar-refractivity contribution is 6.30. The molecular weight excluding hydrogens is 296 g/mol. The van der Waals surface area contributed by atoms with Crippen molar-refractivity contribution in [1.82, 2.24) is 9.97 Å². The highest BCUT2D eigenvalue weighted by atomic mass is 35.5. The van der Waals surface area contributed by atoms with Gasteiger partial charge in [-0.1, -0.05) is 11.6 Å². The molecule has 4 nitrogen and oxygen atoms in total. The van der Waals surface area contributed by atoms with Gasteiger partial charge in [-0.05, 0) is 43.2 Å². The average Bonchev–Trinajstić information content (AvgIpc) is 3.41. The zero-order chi connectivity index (χ0) is 14.9. The quantitative estimate of drug-likeness (QED) is 0.870. The van der Waals surface area contributed by atoms with E-state index in [1.54, 1.807) is 0 Å². The molecule has 22 heavy (non-hydrogen) atoms. The van der Waals surface area contributed by atoms with Crippen molar-refractivity contribution in [2.24, 2.45) is 0 Å². The second-order valence-corrected chi connectivity index (χ2v) is 6.43. The first kappa shape index (κ1) is 13.8. The van der Waals surface area contributed by atoms with Crippen LogP contribution in [0.25, 0.3) is 0 Å². The summed E-state index contributed by atoms with van der Waals surface area (Å²) < 4.78 is 0. The second-order valence-electron chi connectivity index (χ2n) is 6.00. The van der Waals surface area contributed by atoms with Crippen molar-refractivity contribution in [3.63, 3.8) is 0 Å². The first-order valence-corrected chi connectivity index (χ1v) is 8.26. The molecule has 0 atom stereocenters. The molecule has 0 amide bonds. The molecule has 0 N–H and O–H groups in total. The molecular formula is C17H19ClN4. The molecule has 2 heterocycles. The summed E-state index contributed by atoms with van der Waals surface area (Å²) in [6, 6.07) is 10.1. The monoisotopic (exact) mass is 314 g/mol. The minimum absolute atomic E-state index is 0.607. The van der Waals surface area contributed by atoms with Gasteiger partial charge in [0.1, 0.15) is 11.6 Å². The Morgan fingerprint density at radius 1 is 0.909 bits per heavy atom. The third-order valence-electron chi connectivity index (χ3n) is 4.40. The lowest BCUT2D eigenvalue weighted by Crippen LogP contribution is -2.46. The third-order valence-corrected chi connectivity index (χ3v) is 4.65. The van der Waals surface area contributed by atoms with Gasteiger partial charge in [0, 0.05) is 49.0 Å². The molecule has 0 bridgehead atoms. The van der Waals surface area contributed by atoms with E-state index in [0.29, 0.717) is 5.92 Å². The van der Waals surface area contributed by atoms with Crippen LogP contribution in [-0.4, -0.2) is 36.1 Å². The predicted octanol–water partition coefficient (Wildman–Crippen LogP) is 3.33. The molecule has 1 aliphatic heterocycles. The molecule has 0 radical (unpaired) electrons. The molecule has 1 saturated heterocycles. The van der Waals surface area contributed by atoms with Crippen LogP contribution in [0.5, 0.6) is 0 Å². The maximum Gasteiger partial charge on any atom is 0.133 e. The van der Waals surface area contributed by atoms with Crippen LogP contribution in [0.3, 0.4) is 0 Å². The van der Waals surface area contributed by atoms with Gasteiger partial charge in [0.05, 0.1) is 0 Å². The summed E-state index contributed by atoms with van der Waals surface area (Å²) in [5, 5.41) is 0.788. The molecule has 2 aliphatic rings. The maximum absolute atomic E-state index is 5.96. The lowest BCUT2D eigenvalue weighted by molar-refractivity contribution is 0.644. The van der Waals surface area contributed by atoms with Crippen LogP contribution in [0.15, 0.2) is 36.5 Å². The SMILES string of the molecule is Clc1ccc(N2CCN(c3ccnc(C4CC4)n3)CC2)cc1. The Hall–Kier alpha value is -1.81. The molecule has 0 spiro atoms. The number of benzene rings is 1. The summed E-state index contributed by atoms with van der Waals surface area (Å²) in [6.07, 6.45) is 4.39. The van der Waals surface area contributed by atoms with E-state index in [4.69, 9.17) is 16.6 Å². The molecule has 4 rings (SSSR count). The highest BCUT2D eigenvalue weighted by Crippen LogP contribution is 2.38. The van der Waals surface area contributed by atoms with E-state index in [-0.39, 0.29) is 0 Å². The molecule has 1 aromatic carbocycles. The van der Waals surface area contributed by atoms with Crippen molar-refractivity contribution >= 4 is 23.1 Å². The van der Waals surface area contributed by atoms with E-state index in [0.717, 1.165) is 42.8 Å². The maximum atomic E-state index is 5.96. The fourth-order valence-corrected chi connectivity index (χ4v) is 3.05. The summed E-state index contributed by atoms with van der Waals surface area (Å²) in [7, 11) is 0. The molecule has 0 unspecified atom stereocenters. The number of aromatic nitrogens is 2. The third kappa shape index (κ3) is 2.88. The minimum atomic E-state index is 0.607. The van der Waals surface area contributed by atoms with Crippen LogP contribution in [0.4, 0.5) is 11.5 Å². The molecule has 2 aromatic rings. The van der Waals surface area contributed by atoms with Gasteiger partial charge in [0.2, 0.25) is 0 Å². The summed E-state index contributed by atoms with van der Waals surface area (Å²) in [6.45, 7) is 3.99. The van der Waals surface area contributed by atoms with Crippen molar-refractivity contribution in [3.8, 4) is 0 Å². The average molecular weight is 315 g/mol. The van der Waals surface area contributed by atoms with Crippen LogP contribution in [0.1, 0.15) is 24.6 Å². The first-order valence-electron chi connectivity index (χ1n) is 7.88. The molecule has 1 aliphatic carbocycles. The highest BCUT2D eigenvalue weighted by Gasteiger charge is 2.27. The summed E-state index contributed by atoms with van der Waals surface area (Å²) in [5.41, 5.74) is 1.24. The number of nitrogens with zero attached hydrogens (tertiary/aromatic N) is 4. The van der Waals surface area contributed by atoms with Crippen molar-refractivity contribution in [1.29, 1.82) is 0 Å². The van der Waals surface area contributed by atoms with Crippen LogP contribution >= 0.6 is 11.6 Å². The molecule has 2 fully saturated rings. The van der Waals surface area contributed by atoms with Crippen molar-refractivity contribution in [2.45, 2.75) is 18.8 Å². The zero-order valence-corrected chi connectivity index (χ0v) is 13.2. The summed E-state index contributed by atoms with van der Waals surface area (Å²) >= 11 is 5.96. The van der Waals surface area contributed by atoms with Crippen molar-refractivity contribution in [2.75, 3.05) is 36.0 Å². The molecule has 1 aromatic heterocycles. The lowest BCUT2D eigenvalue weighted by atomic mass is 10.2. The topological polar surface area (TPSA) is 32.3 Å². The Kier molecular flexibility index (Phi) is 3.62. The lowest BCUT2D eigenvalue weighted by Gasteiger charge is -2.36. The Labute approximate surface area is 135 Å². The van der Waals surface area contributed by atoms with Crippen LogP contribution in [0, 0.1) is 0 Å². The molecule has 114 valence electrons. The van der Waals surface area contributed by atoms with Crippen molar-refractivity contribution in [3.05, 3.63) is 47.4 Å². The van der Waals surface area contributed by atoms with Gasteiger partial charge in [-0.2, -0.15) is 0 Å². The number of halogens is 1. The van der Waals surface area contributed by atoms with Crippen LogP contribution in [0.2, 0.25) is 5.02 Å². The smallest absolute Gasteiger partial charge is 0.133 e. The number of hydrogen-bond acceptors (Lipinski definition) is 4. The second kappa shape index (κ2) is 5.76. The van der Waals surface area contributed by atoms with E-state index in [9.17, 15) is 0 Å². The van der Waals surface area contributed by atoms with E-state index < -0.39 is 0 Å². The molecule has 5 heteroatoms. The minimum Gasteiger partial charge on any atom is -0.368 e. The van der Waals surface area contributed by atoms with Crippen LogP contribution in [-0.2, 0) is 0 Å². The predicted molar refractivity (Wildman–Crippen MR) is 89.9 cm³/mol. The van der Waals surface area contributed by atoms with Gasteiger partial charge < -0.3 is 9.80 Å². The Bertz CT molecular complexity index is 646. The van der Waals surface area contributed by atoms with Crippen LogP contribution < -0.4 is 9.80 Å². The first-order chi connectivity index (χ1) is 10.8. The van der Waals surface area contributed by atoms with Gasteiger partial charge in [-0.25, -0.2) is 9.97 Å². The zero-order valence-electron chi connectivity index (χ0n) is 12.5. The van der Waals surface area contributed by atoms with Crippen molar-refractivity contribution < 1.29 is 0 Å². The van der Waals surface area contributed by atoms with E-state index >= 15 is 0 Å². The van der Waals surface area contributed by atoms with Gasteiger partial charge in [0.25, 0.3) is 0 Å². The normalized spacial score (nSPS) is 18.6. The fourth-order valence-electron chi connectivity index (χ4n) is 2.92. The van der Waals surface area contributed by atoms with Gasteiger partial charge in [0.15, 0.2) is 0 Å². The largest absolute Gasteiger partial charge is 0.368 e. The number of piperazine rings is 1. The van der Waals surface area contributed by atoms with E-state index in [1.165, 1.54) is 18.5 Å². The molecule has 1 saturated carbocycles. The summed E-state index contributed by atoms with van der Waals surface area (Å²) in [5.74, 6) is 2.71. The standard InChI is InChI=1S/C17H19ClN4/c18-14-3-5-15(6-4-14)21-9-11-22(12-10-21)16-7-8-19-17(20-16)13-1-2-13/h3-8,13H,1-2,9-12H2. The number of hydrogen-bond donors (Lipinski definition) is 0. The van der Waals surface area contributed by atoms with E-state index in [2.05, 4.69) is 26.9 Å². The Balaban J connectivity index is 1.43. The van der Waals surface area contributed by atoms with Gasteiger partial charge >= 0.3 is 0 Å². The fraction of sp³-hybridized carbons (Fsp3) is 0.412. The number of rotatable bonds is 3. The van der Waals surface area contributed by atoms with Gasteiger partial charge in [-0.15, -0.1) is 0 Å². The Morgan fingerprint density at radius 2 is 1.59 bits per heavy atom. The Morgan fingerprint density at radius 3 is 2.27 bits per heavy atom. The van der Waals surface area contributed by atoms with Gasteiger partial charge in [-0.3, -0.25) is 0 Å². The summed E-state index contributed by atoms with van der Waals surface area (Å²) in [4.78, 5) is 13.9.